The molecule has 0 radical (unpaired) electrons. The van der Waals surface area contributed by atoms with Crippen LogP contribution < -0.4 is 10.6 Å². The molecule has 1 fully saturated rings. The summed E-state index contributed by atoms with van der Waals surface area (Å²) in [6, 6.07) is 6.14. The third-order valence-corrected chi connectivity index (χ3v) is 2.67. The number of halogens is 1. The van der Waals surface area contributed by atoms with Crippen molar-refractivity contribution in [1.29, 1.82) is 0 Å². The number of hydrogen-bond acceptors (Lipinski definition) is 2. The molecular weight excluding hydrogens is 207 g/mol. The molecule has 0 atom stereocenters. The number of amides is 1. The van der Waals surface area contributed by atoms with Gasteiger partial charge in [-0.2, -0.15) is 0 Å². The number of carbonyl (C=O) groups is 1. The average molecular weight is 220 g/mol. The van der Waals surface area contributed by atoms with Crippen LogP contribution in [-0.2, 0) is 4.79 Å². The Bertz CT molecular complexity index is 448. The van der Waals surface area contributed by atoms with Crippen molar-refractivity contribution in [1.82, 2.24) is 5.32 Å². The van der Waals surface area contributed by atoms with E-state index in [0.29, 0.717) is 5.57 Å². The Kier molecular flexibility index (Phi) is 3.01. The van der Waals surface area contributed by atoms with Crippen LogP contribution in [0.15, 0.2) is 35.4 Å². The van der Waals surface area contributed by atoms with E-state index in [1.807, 2.05) is 0 Å². The summed E-state index contributed by atoms with van der Waals surface area (Å²) in [7, 11) is 0. The smallest absolute Gasteiger partial charge is 0.251 e. The third kappa shape index (κ3) is 2.12. The monoisotopic (exact) mass is 220 g/mol. The summed E-state index contributed by atoms with van der Waals surface area (Å²) in [5.74, 6) is -0.651. The molecule has 0 bridgehead atoms. The Labute approximate surface area is 93.4 Å². The Morgan fingerprint density at radius 1 is 1.38 bits per heavy atom. The van der Waals surface area contributed by atoms with Gasteiger partial charge in [0.05, 0.1) is 5.69 Å². The number of carbonyl (C=O) groups excluding carboxylic acids is 1. The number of benzene rings is 1. The highest BCUT2D eigenvalue weighted by Crippen LogP contribution is 2.15. The van der Waals surface area contributed by atoms with Crippen LogP contribution in [0.25, 0.3) is 0 Å². The maximum absolute atomic E-state index is 13.3. The highest BCUT2D eigenvalue weighted by atomic mass is 19.1. The minimum Gasteiger partial charge on any atom is -0.320 e. The summed E-state index contributed by atoms with van der Waals surface area (Å²) in [5.41, 5.74) is 1.97. The molecule has 16 heavy (non-hydrogen) atoms. The Balaban J connectivity index is 2.11. The lowest BCUT2D eigenvalue weighted by Gasteiger charge is -2.21. The van der Waals surface area contributed by atoms with Crippen LogP contribution >= 0.6 is 0 Å². The number of hydrogen-bond donors (Lipinski definition) is 2. The summed E-state index contributed by atoms with van der Waals surface area (Å²) < 4.78 is 13.3. The van der Waals surface area contributed by atoms with Gasteiger partial charge in [-0.1, -0.05) is 12.1 Å². The molecule has 1 aliphatic rings. The molecule has 0 spiro atoms. The standard InChI is InChI=1S/C12H13FN2O/c1-8(9-6-14-7-9)12(16)15-11-5-3-2-4-10(11)13/h2-5,14H,6-7H2,1H3,(H,15,16). The number of para-hydroxylation sites is 1. The topological polar surface area (TPSA) is 41.1 Å². The Morgan fingerprint density at radius 3 is 2.62 bits per heavy atom. The molecule has 1 aromatic carbocycles. The molecule has 0 unspecified atom stereocenters. The van der Waals surface area contributed by atoms with Gasteiger partial charge in [0.1, 0.15) is 5.82 Å². The second-order valence-corrected chi connectivity index (χ2v) is 3.77. The van der Waals surface area contributed by atoms with Gasteiger partial charge in [-0.05, 0) is 24.6 Å². The zero-order chi connectivity index (χ0) is 11.5. The van der Waals surface area contributed by atoms with Gasteiger partial charge in [0.25, 0.3) is 5.91 Å². The summed E-state index contributed by atoms with van der Waals surface area (Å²) in [6.07, 6.45) is 0. The first-order valence-electron chi connectivity index (χ1n) is 5.13. The lowest BCUT2D eigenvalue weighted by molar-refractivity contribution is -0.112. The molecule has 4 heteroatoms. The summed E-state index contributed by atoms with van der Waals surface area (Å²) in [4.78, 5) is 11.7. The molecule has 3 nitrogen and oxygen atoms in total. The zero-order valence-electron chi connectivity index (χ0n) is 9.01. The average Bonchev–Trinajstić information content (AvgIpc) is 2.18. The molecule has 1 aromatic rings. The molecule has 1 amide bonds. The van der Waals surface area contributed by atoms with E-state index >= 15 is 0 Å². The molecule has 0 aromatic heterocycles. The quantitative estimate of drug-likeness (QED) is 0.744. The largest absolute Gasteiger partial charge is 0.320 e. The van der Waals surface area contributed by atoms with Gasteiger partial charge in [0.2, 0.25) is 0 Å². The van der Waals surface area contributed by atoms with Crippen LogP contribution in [-0.4, -0.2) is 19.0 Å². The molecule has 0 aliphatic carbocycles. The van der Waals surface area contributed by atoms with E-state index in [2.05, 4.69) is 10.6 Å². The zero-order valence-corrected chi connectivity index (χ0v) is 9.01. The first-order valence-corrected chi connectivity index (χ1v) is 5.13. The van der Waals surface area contributed by atoms with Crippen molar-refractivity contribution in [3.8, 4) is 0 Å². The minimum atomic E-state index is -0.416. The summed E-state index contributed by atoms with van der Waals surface area (Å²) in [6.45, 7) is 3.25. The highest BCUT2D eigenvalue weighted by Gasteiger charge is 2.16. The van der Waals surface area contributed by atoms with Crippen molar-refractivity contribution < 1.29 is 9.18 Å². The van der Waals surface area contributed by atoms with Gasteiger partial charge in [0, 0.05) is 18.7 Å². The summed E-state index contributed by atoms with van der Waals surface area (Å²) in [5, 5.41) is 5.62. The van der Waals surface area contributed by atoms with Crippen LogP contribution in [0, 0.1) is 5.82 Å². The molecule has 2 N–H and O–H groups in total. The molecule has 0 saturated carbocycles. The van der Waals surface area contributed by atoms with Crippen LogP contribution in [0.4, 0.5) is 10.1 Å². The van der Waals surface area contributed by atoms with E-state index in [1.165, 1.54) is 6.07 Å². The fraction of sp³-hybridized carbons (Fsp3) is 0.250. The van der Waals surface area contributed by atoms with Crippen molar-refractivity contribution in [3.63, 3.8) is 0 Å². The van der Waals surface area contributed by atoms with Gasteiger partial charge in [-0.25, -0.2) is 4.39 Å². The number of nitrogens with one attached hydrogen (secondary N) is 2. The fourth-order valence-corrected chi connectivity index (χ4v) is 1.45. The van der Waals surface area contributed by atoms with Gasteiger partial charge >= 0.3 is 0 Å². The van der Waals surface area contributed by atoms with Crippen molar-refractivity contribution in [3.05, 3.63) is 41.2 Å². The lowest BCUT2D eigenvalue weighted by Crippen LogP contribution is -2.36. The predicted molar refractivity (Wildman–Crippen MR) is 60.6 cm³/mol. The fourth-order valence-electron chi connectivity index (χ4n) is 1.45. The normalized spacial score (nSPS) is 14.2. The highest BCUT2D eigenvalue weighted by molar-refractivity contribution is 6.04. The predicted octanol–water partition coefficient (Wildman–Crippen LogP) is 1.68. The van der Waals surface area contributed by atoms with Crippen molar-refractivity contribution in [2.75, 3.05) is 18.4 Å². The molecular formula is C12H13FN2O. The van der Waals surface area contributed by atoms with E-state index in [-0.39, 0.29) is 11.6 Å². The van der Waals surface area contributed by atoms with Crippen LogP contribution in [0.5, 0.6) is 0 Å². The van der Waals surface area contributed by atoms with E-state index in [1.54, 1.807) is 25.1 Å². The second-order valence-electron chi connectivity index (χ2n) is 3.77. The van der Waals surface area contributed by atoms with Crippen LogP contribution in [0.1, 0.15) is 6.92 Å². The third-order valence-electron chi connectivity index (χ3n) is 2.67. The van der Waals surface area contributed by atoms with Gasteiger partial charge in [-0.15, -0.1) is 0 Å². The van der Waals surface area contributed by atoms with E-state index < -0.39 is 5.82 Å². The maximum atomic E-state index is 13.3. The van der Waals surface area contributed by atoms with E-state index in [4.69, 9.17) is 0 Å². The molecule has 1 saturated heterocycles. The van der Waals surface area contributed by atoms with Crippen molar-refractivity contribution in [2.45, 2.75) is 6.92 Å². The first-order chi connectivity index (χ1) is 7.68. The molecule has 84 valence electrons. The molecule has 1 heterocycles. The van der Waals surface area contributed by atoms with Crippen molar-refractivity contribution in [2.24, 2.45) is 0 Å². The minimum absolute atomic E-state index is 0.222. The van der Waals surface area contributed by atoms with Crippen molar-refractivity contribution >= 4 is 11.6 Å². The Morgan fingerprint density at radius 2 is 2.06 bits per heavy atom. The SMILES string of the molecule is CC(C(=O)Nc1ccccc1F)=C1CNC1. The number of anilines is 1. The van der Waals surface area contributed by atoms with E-state index in [0.717, 1.165) is 18.7 Å². The van der Waals surface area contributed by atoms with Gasteiger partial charge in [0.15, 0.2) is 0 Å². The van der Waals surface area contributed by atoms with Gasteiger partial charge in [-0.3, -0.25) is 4.79 Å². The molecule has 1 aliphatic heterocycles. The lowest BCUT2D eigenvalue weighted by atomic mass is 10.0. The first kappa shape index (κ1) is 10.8. The van der Waals surface area contributed by atoms with Crippen LogP contribution in [0.3, 0.4) is 0 Å². The van der Waals surface area contributed by atoms with Crippen LogP contribution in [0.2, 0.25) is 0 Å². The maximum Gasteiger partial charge on any atom is 0.251 e. The summed E-state index contributed by atoms with van der Waals surface area (Å²) >= 11 is 0. The van der Waals surface area contributed by atoms with Gasteiger partial charge < -0.3 is 10.6 Å². The number of rotatable bonds is 2. The van der Waals surface area contributed by atoms with E-state index in [9.17, 15) is 9.18 Å². The second kappa shape index (κ2) is 4.45. The molecule has 2 rings (SSSR count). The Hall–Kier alpha value is -1.68.